The van der Waals surface area contributed by atoms with Gasteiger partial charge in [-0.25, -0.2) is 8.42 Å². The lowest BCUT2D eigenvalue weighted by Crippen LogP contribution is -2.39. The standard InChI is InChI=1S/C12H19BrN2O3S/c1-8-5-11(18-4)12(6-10(8)13)19(16,17)15(3)9(2)7-14/h5-6,9H,7,14H2,1-4H3. The van der Waals surface area contributed by atoms with Gasteiger partial charge in [-0.05, 0) is 31.5 Å². The molecule has 1 rings (SSSR count). The quantitative estimate of drug-likeness (QED) is 0.877. The van der Waals surface area contributed by atoms with E-state index >= 15 is 0 Å². The van der Waals surface area contributed by atoms with Crippen LogP contribution in [-0.2, 0) is 10.0 Å². The van der Waals surface area contributed by atoms with Crippen molar-refractivity contribution in [3.05, 3.63) is 22.2 Å². The van der Waals surface area contributed by atoms with Crippen LogP contribution in [0.5, 0.6) is 5.75 Å². The van der Waals surface area contributed by atoms with E-state index in [1.807, 2.05) is 6.92 Å². The lowest BCUT2D eigenvalue weighted by atomic mass is 10.2. The number of rotatable bonds is 5. The van der Waals surface area contributed by atoms with Gasteiger partial charge >= 0.3 is 0 Å². The van der Waals surface area contributed by atoms with E-state index in [1.54, 1.807) is 19.1 Å². The lowest BCUT2D eigenvalue weighted by molar-refractivity contribution is 0.380. The van der Waals surface area contributed by atoms with Crippen LogP contribution in [-0.4, -0.2) is 39.5 Å². The van der Waals surface area contributed by atoms with E-state index in [-0.39, 0.29) is 17.5 Å². The number of methoxy groups -OCH3 is 1. The molecule has 19 heavy (non-hydrogen) atoms. The highest BCUT2D eigenvalue weighted by atomic mass is 79.9. The van der Waals surface area contributed by atoms with E-state index in [4.69, 9.17) is 10.5 Å². The summed E-state index contributed by atoms with van der Waals surface area (Å²) in [6, 6.07) is 2.97. The molecule has 7 heteroatoms. The van der Waals surface area contributed by atoms with Gasteiger partial charge in [0.1, 0.15) is 10.6 Å². The largest absolute Gasteiger partial charge is 0.495 e. The summed E-state index contributed by atoms with van der Waals surface area (Å²) >= 11 is 3.34. The fourth-order valence-corrected chi connectivity index (χ4v) is 3.57. The predicted octanol–water partition coefficient (Wildman–Crippen LogP) is 1.73. The molecule has 2 N–H and O–H groups in total. The number of hydrogen-bond acceptors (Lipinski definition) is 4. The van der Waals surface area contributed by atoms with Crippen LogP contribution >= 0.6 is 15.9 Å². The van der Waals surface area contributed by atoms with Gasteiger partial charge < -0.3 is 10.5 Å². The van der Waals surface area contributed by atoms with Gasteiger partial charge in [0, 0.05) is 24.1 Å². The van der Waals surface area contributed by atoms with Crippen molar-refractivity contribution in [3.63, 3.8) is 0 Å². The van der Waals surface area contributed by atoms with Crippen molar-refractivity contribution in [1.82, 2.24) is 4.31 Å². The fourth-order valence-electron chi connectivity index (χ4n) is 1.54. The Hall–Kier alpha value is -0.630. The molecule has 0 saturated heterocycles. The number of nitrogens with two attached hydrogens (primary N) is 1. The van der Waals surface area contributed by atoms with Crippen LogP contribution in [0.4, 0.5) is 0 Å². The van der Waals surface area contributed by atoms with Crippen LogP contribution in [0.1, 0.15) is 12.5 Å². The van der Waals surface area contributed by atoms with Crippen LogP contribution in [0, 0.1) is 6.92 Å². The summed E-state index contributed by atoms with van der Waals surface area (Å²) in [5, 5.41) is 0. The molecule has 0 spiro atoms. The normalized spacial score (nSPS) is 13.6. The Labute approximate surface area is 122 Å². The number of hydrogen-bond donors (Lipinski definition) is 1. The van der Waals surface area contributed by atoms with Gasteiger partial charge in [-0.1, -0.05) is 15.9 Å². The summed E-state index contributed by atoms with van der Waals surface area (Å²) in [7, 11) is -0.668. The fraction of sp³-hybridized carbons (Fsp3) is 0.500. The second kappa shape index (κ2) is 6.21. The zero-order valence-electron chi connectivity index (χ0n) is 11.5. The Kier molecular flexibility index (Phi) is 5.37. The van der Waals surface area contributed by atoms with Gasteiger partial charge in [-0.2, -0.15) is 4.31 Å². The van der Waals surface area contributed by atoms with Crippen molar-refractivity contribution < 1.29 is 13.2 Å². The molecule has 1 aromatic carbocycles. The number of aryl methyl sites for hydroxylation is 1. The van der Waals surface area contributed by atoms with E-state index in [0.29, 0.717) is 5.75 Å². The Bertz CT molecular complexity index is 560. The van der Waals surface area contributed by atoms with Gasteiger partial charge in [0.15, 0.2) is 0 Å². The molecular weight excluding hydrogens is 332 g/mol. The molecule has 5 nitrogen and oxygen atoms in total. The summed E-state index contributed by atoms with van der Waals surface area (Å²) in [4.78, 5) is 0.135. The number of nitrogens with zero attached hydrogens (tertiary/aromatic N) is 1. The molecule has 0 amide bonds. The number of likely N-dealkylation sites (N-methyl/N-ethyl adjacent to an activating group) is 1. The smallest absolute Gasteiger partial charge is 0.246 e. The molecule has 0 aliphatic heterocycles. The van der Waals surface area contributed by atoms with Gasteiger partial charge in [0.05, 0.1) is 7.11 Å². The average Bonchev–Trinajstić information content (AvgIpc) is 2.39. The molecule has 0 saturated carbocycles. The zero-order valence-corrected chi connectivity index (χ0v) is 13.9. The van der Waals surface area contributed by atoms with Crippen molar-refractivity contribution >= 4 is 26.0 Å². The second-order valence-corrected chi connectivity index (χ2v) is 7.18. The zero-order chi connectivity index (χ0) is 14.8. The number of benzene rings is 1. The average molecular weight is 351 g/mol. The lowest BCUT2D eigenvalue weighted by Gasteiger charge is -2.24. The molecule has 0 bridgehead atoms. The number of sulfonamides is 1. The Morgan fingerprint density at radius 1 is 1.47 bits per heavy atom. The van der Waals surface area contributed by atoms with Crippen molar-refractivity contribution in [2.75, 3.05) is 20.7 Å². The van der Waals surface area contributed by atoms with Crippen LogP contribution in [0.25, 0.3) is 0 Å². The number of ether oxygens (including phenoxy) is 1. The van der Waals surface area contributed by atoms with Gasteiger partial charge in [0.25, 0.3) is 0 Å². The molecule has 1 unspecified atom stereocenters. The van der Waals surface area contributed by atoms with Gasteiger partial charge in [0.2, 0.25) is 10.0 Å². The summed E-state index contributed by atoms with van der Waals surface area (Å²) in [5.41, 5.74) is 6.43. The molecule has 108 valence electrons. The Balaban J connectivity index is 3.40. The van der Waals surface area contributed by atoms with Crippen molar-refractivity contribution in [2.24, 2.45) is 5.73 Å². The Morgan fingerprint density at radius 3 is 2.53 bits per heavy atom. The third kappa shape index (κ3) is 3.28. The van der Waals surface area contributed by atoms with E-state index in [2.05, 4.69) is 15.9 Å². The highest BCUT2D eigenvalue weighted by Crippen LogP contribution is 2.32. The SMILES string of the molecule is COc1cc(C)c(Br)cc1S(=O)(=O)N(C)C(C)CN. The molecule has 0 heterocycles. The molecule has 0 aromatic heterocycles. The first-order chi connectivity index (χ1) is 8.75. The first-order valence-electron chi connectivity index (χ1n) is 5.78. The van der Waals surface area contributed by atoms with Crippen molar-refractivity contribution in [2.45, 2.75) is 24.8 Å². The van der Waals surface area contributed by atoms with Gasteiger partial charge in [-0.15, -0.1) is 0 Å². The van der Waals surface area contributed by atoms with Crippen molar-refractivity contribution in [3.8, 4) is 5.75 Å². The van der Waals surface area contributed by atoms with E-state index in [1.165, 1.54) is 18.5 Å². The highest BCUT2D eigenvalue weighted by Gasteiger charge is 2.28. The topological polar surface area (TPSA) is 72.6 Å². The molecule has 1 aromatic rings. The van der Waals surface area contributed by atoms with E-state index in [0.717, 1.165) is 10.0 Å². The summed E-state index contributed by atoms with van der Waals surface area (Å²) in [6.45, 7) is 3.88. The molecular formula is C12H19BrN2O3S. The third-order valence-corrected chi connectivity index (χ3v) is 5.91. The first-order valence-corrected chi connectivity index (χ1v) is 8.01. The van der Waals surface area contributed by atoms with Crippen LogP contribution in [0.2, 0.25) is 0 Å². The summed E-state index contributed by atoms with van der Waals surface area (Å²) < 4.78 is 32.2. The maximum atomic E-state index is 12.5. The molecule has 0 radical (unpaired) electrons. The molecule has 0 aliphatic rings. The highest BCUT2D eigenvalue weighted by molar-refractivity contribution is 9.10. The van der Waals surface area contributed by atoms with Crippen LogP contribution in [0.3, 0.4) is 0 Å². The Morgan fingerprint density at radius 2 is 2.05 bits per heavy atom. The first kappa shape index (κ1) is 16.4. The van der Waals surface area contributed by atoms with Crippen LogP contribution < -0.4 is 10.5 Å². The molecule has 0 fully saturated rings. The minimum atomic E-state index is -3.63. The van der Waals surface area contributed by atoms with Crippen molar-refractivity contribution in [1.29, 1.82) is 0 Å². The minimum absolute atomic E-state index is 0.135. The summed E-state index contributed by atoms with van der Waals surface area (Å²) in [5.74, 6) is 0.330. The molecule has 0 aliphatic carbocycles. The third-order valence-electron chi connectivity index (χ3n) is 3.06. The molecule has 1 atom stereocenters. The maximum absolute atomic E-state index is 12.5. The van der Waals surface area contributed by atoms with Gasteiger partial charge in [-0.3, -0.25) is 0 Å². The second-order valence-electron chi connectivity index (χ2n) is 4.36. The summed E-state index contributed by atoms with van der Waals surface area (Å²) in [6.07, 6.45) is 0. The monoisotopic (exact) mass is 350 g/mol. The van der Waals surface area contributed by atoms with Crippen LogP contribution in [0.15, 0.2) is 21.5 Å². The maximum Gasteiger partial charge on any atom is 0.246 e. The van der Waals surface area contributed by atoms with E-state index in [9.17, 15) is 8.42 Å². The number of halogens is 1. The predicted molar refractivity (Wildman–Crippen MR) is 78.9 cm³/mol. The minimum Gasteiger partial charge on any atom is -0.495 e. The van der Waals surface area contributed by atoms with E-state index < -0.39 is 10.0 Å².